The Bertz CT molecular complexity index is 532. The van der Waals surface area contributed by atoms with Crippen LogP contribution < -0.4 is 0 Å². The quantitative estimate of drug-likeness (QED) is 0.154. The summed E-state index contributed by atoms with van der Waals surface area (Å²) in [5, 5.41) is 0. The van der Waals surface area contributed by atoms with Gasteiger partial charge in [-0.25, -0.2) is 0 Å². The molecule has 4 heteroatoms. The summed E-state index contributed by atoms with van der Waals surface area (Å²) in [5.74, 6) is -0.929. The van der Waals surface area contributed by atoms with Gasteiger partial charge in [-0.3, -0.25) is 9.59 Å². The molecule has 1 rings (SSSR count). The maximum absolute atomic E-state index is 12.6. The molecule has 1 aliphatic rings. The van der Waals surface area contributed by atoms with Crippen molar-refractivity contribution in [2.45, 2.75) is 112 Å². The van der Waals surface area contributed by atoms with Crippen molar-refractivity contribution in [1.82, 2.24) is 0 Å². The fraction of sp³-hybridized carbons (Fsp3) is 0.852. The standard InChI is InChI=1S/C27H48O4/c1-6-7-8-9-10-11-12-15-19-30-25(28)23-16-13-14-17-24(23)26(29)31-20-18-22(2)21-27(3,4)5/h14,17,22-24H,6-13,15-16,18-21H2,1-5H3. The van der Waals surface area contributed by atoms with Crippen molar-refractivity contribution in [1.29, 1.82) is 0 Å². The van der Waals surface area contributed by atoms with Gasteiger partial charge in [0.25, 0.3) is 0 Å². The van der Waals surface area contributed by atoms with E-state index in [-0.39, 0.29) is 17.4 Å². The molecule has 0 saturated heterocycles. The molecule has 0 saturated carbocycles. The molecule has 0 fully saturated rings. The van der Waals surface area contributed by atoms with Crippen LogP contribution in [0.2, 0.25) is 0 Å². The smallest absolute Gasteiger partial charge is 0.313 e. The van der Waals surface area contributed by atoms with E-state index in [1.54, 1.807) is 0 Å². The average molecular weight is 437 g/mol. The second kappa shape index (κ2) is 15.5. The number of ether oxygens (including phenoxy) is 2. The molecule has 0 spiro atoms. The zero-order valence-electron chi connectivity index (χ0n) is 20.9. The Morgan fingerprint density at radius 3 is 2.19 bits per heavy atom. The van der Waals surface area contributed by atoms with Gasteiger partial charge in [-0.15, -0.1) is 0 Å². The minimum atomic E-state index is -0.502. The van der Waals surface area contributed by atoms with Crippen LogP contribution in [0.3, 0.4) is 0 Å². The average Bonchev–Trinajstić information content (AvgIpc) is 2.71. The van der Waals surface area contributed by atoms with E-state index in [1.807, 2.05) is 12.2 Å². The van der Waals surface area contributed by atoms with Crippen LogP contribution in [0.1, 0.15) is 112 Å². The molecule has 0 aromatic carbocycles. The molecule has 0 bridgehead atoms. The summed E-state index contributed by atoms with van der Waals surface area (Å²) in [6, 6.07) is 0. The molecule has 4 nitrogen and oxygen atoms in total. The van der Waals surface area contributed by atoms with Crippen LogP contribution in [0.5, 0.6) is 0 Å². The monoisotopic (exact) mass is 436 g/mol. The molecular formula is C27H48O4. The number of carbonyl (C=O) groups excluding carboxylic acids is 2. The summed E-state index contributed by atoms with van der Waals surface area (Å²) in [7, 11) is 0. The Morgan fingerprint density at radius 2 is 1.55 bits per heavy atom. The Balaban J connectivity index is 2.30. The molecule has 0 N–H and O–H groups in total. The van der Waals surface area contributed by atoms with Gasteiger partial charge < -0.3 is 9.47 Å². The van der Waals surface area contributed by atoms with Gasteiger partial charge in [0.15, 0.2) is 0 Å². The van der Waals surface area contributed by atoms with Gasteiger partial charge in [-0.2, -0.15) is 0 Å². The second-order valence-electron chi connectivity index (χ2n) is 10.6. The summed E-state index contributed by atoms with van der Waals surface area (Å²) in [5.41, 5.74) is 0.277. The van der Waals surface area contributed by atoms with E-state index in [2.05, 4.69) is 34.6 Å². The van der Waals surface area contributed by atoms with Crippen LogP contribution in [-0.4, -0.2) is 25.2 Å². The lowest BCUT2D eigenvalue weighted by Gasteiger charge is -2.25. The summed E-state index contributed by atoms with van der Waals surface area (Å²) < 4.78 is 11.1. The largest absolute Gasteiger partial charge is 0.465 e. The first-order valence-electron chi connectivity index (χ1n) is 12.7. The number of esters is 2. The van der Waals surface area contributed by atoms with Crippen LogP contribution in [-0.2, 0) is 19.1 Å². The van der Waals surface area contributed by atoms with Gasteiger partial charge in [0, 0.05) is 0 Å². The number of allylic oxidation sites excluding steroid dienone is 1. The van der Waals surface area contributed by atoms with Crippen molar-refractivity contribution in [3.05, 3.63) is 12.2 Å². The maximum Gasteiger partial charge on any atom is 0.313 e. The fourth-order valence-electron chi connectivity index (χ4n) is 4.46. The van der Waals surface area contributed by atoms with Crippen molar-refractivity contribution in [3.63, 3.8) is 0 Å². The molecule has 3 atom stereocenters. The summed E-state index contributed by atoms with van der Waals surface area (Å²) in [6.07, 6.45) is 17.0. The third kappa shape index (κ3) is 13.0. The van der Waals surface area contributed by atoms with E-state index in [0.29, 0.717) is 25.6 Å². The first-order chi connectivity index (χ1) is 14.7. The molecular weight excluding hydrogens is 388 g/mol. The lowest BCUT2D eigenvalue weighted by atomic mass is 9.83. The molecule has 0 amide bonds. The van der Waals surface area contributed by atoms with Gasteiger partial charge in [0.1, 0.15) is 0 Å². The SMILES string of the molecule is CCCCCCCCCCOC(=O)C1CCC=CC1C(=O)OCCC(C)CC(C)(C)C. The minimum absolute atomic E-state index is 0.240. The van der Waals surface area contributed by atoms with Crippen molar-refractivity contribution in [2.24, 2.45) is 23.2 Å². The highest BCUT2D eigenvalue weighted by Gasteiger charge is 2.35. The number of hydrogen-bond donors (Lipinski definition) is 0. The lowest BCUT2D eigenvalue weighted by molar-refractivity contribution is -0.159. The lowest BCUT2D eigenvalue weighted by Crippen LogP contribution is -2.33. The van der Waals surface area contributed by atoms with E-state index in [9.17, 15) is 9.59 Å². The van der Waals surface area contributed by atoms with Crippen LogP contribution in [0.4, 0.5) is 0 Å². The predicted octanol–water partition coefficient (Wildman–Crippen LogP) is 7.26. The Hall–Kier alpha value is -1.32. The summed E-state index contributed by atoms with van der Waals surface area (Å²) >= 11 is 0. The van der Waals surface area contributed by atoms with Crippen molar-refractivity contribution in [2.75, 3.05) is 13.2 Å². The molecule has 180 valence electrons. The van der Waals surface area contributed by atoms with Crippen LogP contribution in [0, 0.1) is 23.2 Å². The van der Waals surface area contributed by atoms with Crippen molar-refractivity contribution < 1.29 is 19.1 Å². The van der Waals surface area contributed by atoms with Crippen molar-refractivity contribution in [3.8, 4) is 0 Å². The topological polar surface area (TPSA) is 52.6 Å². The highest BCUT2D eigenvalue weighted by atomic mass is 16.5. The molecule has 0 aliphatic heterocycles. The Labute approximate surface area is 191 Å². The Morgan fingerprint density at radius 1 is 0.935 bits per heavy atom. The van der Waals surface area contributed by atoms with Crippen LogP contribution in [0.15, 0.2) is 12.2 Å². The zero-order chi connectivity index (χ0) is 23.1. The fourth-order valence-corrected chi connectivity index (χ4v) is 4.46. The molecule has 1 aliphatic carbocycles. The third-order valence-corrected chi connectivity index (χ3v) is 6.05. The van der Waals surface area contributed by atoms with Gasteiger partial charge in [-0.1, -0.05) is 91.7 Å². The van der Waals surface area contributed by atoms with Gasteiger partial charge in [-0.05, 0) is 43.4 Å². The van der Waals surface area contributed by atoms with Gasteiger partial charge >= 0.3 is 11.9 Å². The zero-order valence-corrected chi connectivity index (χ0v) is 20.9. The van der Waals surface area contributed by atoms with Gasteiger partial charge in [0.2, 0.25) is 0 Å². The normalized spacial score (nSPS) is 19.8. The maximum atomic E-state index is 12.6. The van der Waals surface area contributed by atoms with Gasteiger partial charge in [0.05, 0.1) is 25.0 Å². The minimum Gasteiger partial charge on any atom is -0.465 e. The van der Waals surface area contributed by atoms with E-state index in [4.69, 9.17) is 9.47 Å². The molecule has 0 aromatic rings. The molecule has 3 unspecified atom stereocenters. The van der Waals surface area contributed by atoms with E-state index in [1.165, 1.54) is 38.5 Å². The number of hydrogen-bond acceptors (Lipinski definition) is 4. The van der Waals surface area contributed by atoms with Crippen LogP contribution in [0.25, 0.3) is 0 Å². The predicted molar refractivity (Wildman–Crippen MR) is 128 cm³/mol. The second-order valence-corrected chi connectivity index (χ2v) is 10.6. The molecule has 31 heavy (non-hydrogen) atoms. The van der Waals surface area contributed by atoms with Crippen LogP contribution >= 0.6 is 0 Å². The summed E-state index contributed by atoms with van der Waals surface area (Å²) in [4.78, 5) is 25.2. The first kappa shape index (κ1) is 27.7. The molecule has 0 heterocycles. The highest BCUT2D eigenvalue weighted by Crippen LogP contribution is 2.29. The van der Waals surface area contributed by atoms with Crippen molar-refractivity contribution >= 4 is 11.9 Å². The number of unbranched alkanes of at least 4 members (excludes halogenated alkanes) is 7. The molecule has 0 aromatic heterocycles. The Kier molecular flexibility index (Phi) is 13.8. The van der Waals surface area contributed by atoms with E-state index < -0.39 is 11.8 Å². The highest BCUT2D eigenvalue weighted by molar-refractivity contribution is 5.83. The van der Waals surface area contributed by atoms with E-state index in [0.717, 1.165) is 32.1 Å². The number of rotatable bonds is 15. The summed E-state index contributed by atoms with van der Waals surface area (Å²) in [6.45, 7) is 12.0. The number of carbonyl (C=O) groups is 2. The first-order valence-corrected chi connectivity index (χ1v) is 12.7. The van der Waals surface area contributed by atoms with E-state index >= 15 is 0 Å². The third-order valence-electron chi connectivity index (χ3n) is 6.05. The molecule has 0 radical (unpaired) electrons.